The molecule has 1 atom stereocenters. The third-order valence-electron chi connectivity index (χ3n) is 6.42. The molecule has 0 fully saturated rings. The summed E-state index contributed by atoms with van der Waals surface area (Å²) in [5.74, 6) is -0.763. The zero-order chi connectivity index (χ0) is 28.6. The van der Waals surface area contributed by atoms with Crippen LogP contribution >= 0.6 is 15.9 Å². The molecule has 39 heavy (non-hydrogen) atoms. The molecule has 2 amide bonds. The number of hydrogen-bond donors (Lipinski definition) is 1. The first-order chi connectivity index (χ1) is 18.5. The van der Waals surface area contributed by atoms with E-state index in [0.717, 1.165) is 38.3 Å². The number of rotatable bonds is 12. The van der Waals surface area contributed by atoms with E-state index >= 15 is 0 Å². The van der Waals surface area contributed by atoms with Crippen LogP contribution in [-0.4, -0.2) is 44.3 Å². The SMILES string of the molecule is CCCCNC(=O)[C@H](C)N(Cc1cccc(Br)c1)C(=O)CN(c1cccc(C)c1)S(=O)(=O)c1ccc(C)cc1. The Kier molecular flexibility index (Phi) is 10.7. The smallest absolute Gasteiger partial charge is 0.264 e. The molecule has 0 saturated heterocycles. The fraction of sp³-hybridized carbons (Fsp3) is 0.333. The number of halogens is 1. The van der Waals surface area contributed by atoms with Crippen LogP contribution in [0.3, 0.4) is 0 Å². The minimum Gasteiger partial charge on any atom is -0.354 e. The number of benzene rings is 3. The van der Waals surface area contributed by atoms with Gasteiger partial charge in [0.1, 0.15) is 12.6 Å². The maximum absolute atomic E-state index is 13.9. The van der Waals surface area contributed by atoms with Crippen LogP contribution in [0.4, 0.5) is 5.69 Å². The minimum absolute atomic E-state index is 0.0892. The normalized spacial score (nSPS) is 12.0. The van der Waals surface area contributed by atoms with Crippen LogP contribution in [0.15, 0.2) is 82.2 Å². The van der Waals surface area contributed by atoms with Crippen molar-refractivity contribution < 1.29 is 18.0 Å². The Bertz CT molecular complexity index is 1390. The van der Waals surface area contributed by atoms with Crippen LogP contribution < -0.4 is 9.62 Å². The lowest BCUT2D eigenvalue weighted by Crippen LogP contribution is -2.51. The summed E-state index contributed by atoms with van der Waals surface area (Å²) in [5.41, 5.74) is 2.98. The van der Waals surface area contributed by atoms with E-state index in [2.05, 4.69) is 21.2 Å². The standard InChI is InChI=1S/C30H36BrN3O4S/c1-5-6-17-32-30(36)24(4)33(20-25-10-8-11-26(31)19-25)29(35)21-34(27-12-7-9-23(3)18-27)39(37,38)28-15-13-22(2)14-16-28/h7-16,18-19,24H,5-6,17,20-21H2,1-4H3,(H,32,36)/t24-/m0/s1. The lowest BCUT2D eigenvalue weighted by molar-refractivity contribution is -0.139. The summed E-state index contributed by atoms with van der Waals surface area (Å²) in [6, 6.07) is 20.2. The fourth-order valence-electron chi connectivity index (χ4n) is 4.10. The predicted octanol–water partition coefficient (Wildman–Crippen LogP) is 5.59. The van der Waals surface area contributed by atoms with Gasteiger partial charge in [-0.2, -0.15) is 0 Å². The minimum atomic E-state index is -4.08. The lowest BCUT2D eigenvalue weighted by Gasteiger charge is -2.32. The average molecular weight is 615 g/mol. The number of unbranched alkanes of at least 4 members (excludes halogenated alkanes) is 1. The van der Waals surface area contributed by atoms with Crippen LogP contribution in [0.25, 0.3) is 0 Å². The Balaban J connectivity index is 2.00. The Hall–Kier alpha value is -3.17. The number of anilines is 1. The van der Waals surface area contributed by atoms with E-state index in [1.165, 1.54) is 4.90 Å². The predicted molar refractivity (Wildman–Crippen MR) is 159 cm³/mol. The van der Waals surface area contributed by atoms with Gasteiger partial charge in [0.25, 0.3) is 10.0 Å². The van der Waals surface area contributed by atoms with Crippen molar-refractivity contribution in [3.05, 3.63) is 94.0 Å². The molecule has 0 radical (unpaired) electrons. The number of carbonyl (C=O) groups is 2. The Morgan fingerprint density at radius 2 is 1.64 bits per heavy atom. The zero-order valence-corrected chi connectivity index (χ0v) is 25.3. The second-order valence-electron chi connectivity index (χ2n) is 9.64. The van der Waals surface area contributed by atoms with Crippen molar-refractivity contribution >= 4 is 43.5 Å². The maximum atomic E-state index is 13.9. The number of amides is 2. The number of nitrogens with one attached hydrogen (secondary N) is 1. The molecule has 0 heterocycles. The molecule has 0 aliphatic carbocycles. The van der Waals surface area contributed by atoms with E-state index in [1.807, 2.05) is 51.1 Å². The maximum Gasteiger partial charge on any atom is 0.264 e. The van der Waals surface area contributed by atoms with Gasteiger partial charge in [-0.15, -0.1) is 0 Å². The van der Waals surface area contributed by atoms with Crippen LogP contribution in [0.1, 0.15) is 43.4 Å². The molecule has 7 nitrogen and oxygen atoms in total. The third-order valence-corrected chi connectivity index (χ3v) is 8.70. The van der Waals surface area contributed by atoms with E-state index in [-0.39, 0.29) is 17.3 Å². The first-order valence-electron chi connectivity index (χ1n) is 13.0. The molecular weight excluding hydrogens is 578 g/mol. The Labute approximate surface area is 240 Å². The number of nitrogens with zero attached hydrogens (tertiary/aromatic N) is 2. The topological polar surface area (TPSA) is 86.8 Å². The Morgan fingerprint density at radius 3 is 2.28 bits per heavy atom. The molecule has 0 unspecified atom stereocenters. The van der Waals surface area contributed by atoms with Crippen molar-refractivity contribution in [2.75, 3.05) is 17.4 Å². The molecule has 3 rings (SSSR count). The molecular formula is C30H36BrN3O4S. The Morgan fingerprint density at radius 1 is 0.949 bits per heavy atom. The van der Waals surface area contributed by atoms with Gasteiger partial charge in [-0.05, 0) is 74.7 Å². The molecule has 0 aliphatic rings. The molecule has 1 N–H and O–H groups in total. The summed E-state index contributed by atoms with van der Waals surface area (Å²) < 4.78 is 29.7. The molecule has 9 heteroatoms. The first kappa shape index (κ1) is 30.4. The highest BCUT2D eigenvalue weighted by molar-refractivity contribution is 9.10. The second kappa shape index (κ2) is 13.8. The van der Waals surface area contributed by atoms with Gasteiger partial charge < -0.3 is 10.2 Å². The quantitative estimate of drug-likeness (QED) is 0.270. The van der Waals surface area contributed by atoms with Gasteiger partial charge >= 0.3 is 0 Å². The number of carbonyl (C=O) groups excluding carboxylic acids is 2. The van der Waals surface area contributed by atoms with E-state index < -0.39 is 28.5 Å². The molecule has 0 spiro atoms. The number of hydrogen-bond acceptors (Lipinski definition) is 4. The second-order valence-corrected chi connectivity index (χ2v) is 12.4. The van der Waals surface area contributed by atoms with Gasteiger partial charge in [0, 0.05) is 17.6 Å². The average Bonchev–Trinajstić information content (AvgIpc) is 2.90. The molecule has 3 aromatic carbocycles. The molecule has 0 bridgehead atoms. The molecule has 3 aromatic rings. The van der Waals surface area contributed by atoms with Gasteiger partial charge in [-0.1, -0.05) is 71.2 Å². The van der Waals surface area contributed by atoms with Crippen molar-refractivity contribution in [3.8, 4) is 0 Å². The lowest BCUT2D eigenvalue weighted by atomic mass is 10.1. The summed E-state index contributed by atoms with van der Waals surface area (Å²) in [5, 5.41) is 2.90. The summed E-state index contributed by atoms with van der Waals surface area (Å²) in [6.45, 7) is 7.65. The number of aryl methyl sites for hydroxylation is 2. The van der Waals surface area contributed by atoms with Gasteiger partial charge in [0.15, 0.2) is 0 Å². The van der Waals surface area contributed by atoms with Crippen LogP contribution in [0.2, 0.25) is 0 Å². The third kappa shape index (κ3) is 8.16. The van der Waals surface area contributed by atoms with Crippen molar-refractivity contribution in [1.29, 1.82) is 0 Å². The van der Waals surface area contributed by atoms with Crippen molar-refractivity contribution in [2.45, 2.75) is 58.0 Å². The molecule has 0 aromatic heterocycles. The summed E-state index contributed by atoms with van der Waals surface area (Å²) in [6.07, 6.45) is 1.76. The van der Waals surface area contributed by atoms with Crippen molar-refractivity contribution in [1.82, 2.24) is 10.2 Å². The van der Waals surface area contributed by atoms with Crippen molar-refractivity contribution in [3.63, 3.8) is 0 Å². The highest BCUT2D eigenvalue weighted by Crippen LogP contribution is 2.26. The summed E-state index contributed by atoms with van der Waals surface area (Å²) in [7, 11) is -4.08. The fourth-order valence-corrected chi connectivity index (χ4v) is 5.95. The zero-order valence-electron chi connectivity index (χ0n) is 22.9. The van der Waals surface area contributed by atoms with Crippen LogP contribution in [0.5, 0.6) is 0 Å². The van der Waals surface area contributed by atoms with Gasteiger partial charge in [-0.3, -0.25) is 13.9 Å². The highest BCUT2D eigenvalue weighted by atomic mass is 79.9. The highest BCUT2D eigenvalue weighted by Gasteiger charge is 2.32. The molecule has 0 saturated carbocycles. The first-order valence-corrected chi connectivity index (χ1v) is 15.2. The van der Waals surface area contributed by atoms with E-state index in [1.54, 1.807) is 49.4 Å². The van der Waals surface area contributed by atoms with Gasteiger partial charge in [0.05, 0.1) is 10.6 Å². The van der Waals surface area contributed by atoms with E-state index in [0.29, 0.717) is 12.2 Å². The number of sulfonamides is 1. The van der Waals surface area contributed by atoms with Crippen molar-refractivity contribution in [2.24, 2.45) is 0 Å². The van der Waals surface area contributed by atoms with Crippen LogP contribution in [0, 0.1) is 13.8 Å². The summed E-state index contributed by atoms with van der Waals surface area (Å²) >= 11 is 3.46. The van der Waals surface area contributed by atoms with Gasteiger partial charge in [-0.25, -0.2) is 8.42 Å². The summed E-state index contributed by atoms with van der Waals surface area (Å²) in [4.78, 5) is 28.5. The molecule has 0 aliphatic heterocycles. The van der Waals surface area contributed by atoms with Gasteiger partial charge in [0.2, 0.25) is 11.8 Å². The van der Waals surface area contributed by atoms with E-state index in [9.17, 15) is 18.0 Å². The monoisotopic (exact) mass is 613 g/mol. The molecule has 208 valence electrons. The largest absolute Gasteiger partial charge is 0.354 e. The van der Waals surface area contributed by atoms with Crippen LogP contribution in [-0.2, 0) is 26.2 Å². The van der Waals surface area contributed by atoms with E-state index in [4.69, 9.17) is 0 Å².